The van der Waals surface area contributed by atoms with Crippen molar-refractivity contribution in [2.45, 2.75) is 32.6 Å². The van der Waals surface area contributed by atoms with Crippen LogP contribution in [-0.2, 0) is 19.1 Å². The lowest BCUT2D eigenvalue weighted by molar-refractivity contribution is -0.160. The Morgan fingerprint density at radius 1 is 1.19 bits per heavy atom. The highest BCUT2D eigenvalue weighted by Crippen LogP contribution is 2.48. The van der Waals surface area contributed by atoms with Gasteiger partial charge < -0.3 is 19.5 Å². The minimum atomic E-state index is -0.968. The summed E-state index contributed by atoms with van der Waals surface area (Å²) in [6.07, 6.45) is 2.93. The van der Waals surface area contributed by atoms with Crippen molar-refractivity contribution in [3.05, 3.63) is 0 Å². The van der Waals surface area contributed by atoms with Crippen LogP contribution in [0.25, 0.3) is 0 Å². The summed E-state index contributed by atoms with van der Waals surface area (Å²) in [5.74, 6) is -0.825. The summed E-state index contributed by atoms with van der Waals surface area (Å²) in [4.78, 5) is 26.1. The van der Waals surface area contributed by atoms with E-state index >= 15 is 0 Å². The Balaban J connectivity index is 2.06. The molecule has 6 nitrogen and oxygen atoms in total. The molecule has 120 valence electrons. The van der Waals surface area contributed by atoms with Gasteiger partial charge in [0.05, 0.1) is 18.6 Å². The molecular weight excluding hydrogens is 274 g/mol. The van der Waals surface area contributed by atoms with Gasteiger partial charge in [-0.2, -0.15) is 0 Å². The summed E-state index contributed by atoms with van der Waals surface area (Å²) in [6.45, 7) is 3.97. The Hall–Kier alpha value is -1.14. The number of piperidine rings is 1. The minimum absolute atomic E-state index is 0.0531. The van der Waals surface area contributed by atoms with E-state index in [0.717, 1.165) is 12.8 Å². The highest BCUT2D eigenvalue weighted by Gasteiger charge is 2.54. The summed E-state index contributed by atoms with van der Waals surface area (Å²) in [5, 5.41) is 9.54. The van der Waals surface area contributed by atoms with Crippen LogP contribution in [0.2, 0.25) is 0 Å². The van der Waals surface area contributed by atoms with Crippen LogP contribution in [0.15, 0.2) is 0 Å². The maximum atomic E-state index is 12.7. The van der Waals surface area contributed by atoms with E-state index in [9.17, 15) is 14.7 Å². The minimum Gasteiger partial charge on any atom is -0.481 e. The molecule has 2 fully saturated rings. The average Bonchev–Trinajstić information content (AvgIpc) is 3.26. The Morgan fingerprint density at radius 2 is 1.90 bits per heavy atom. The van der Waals surface area contributed by atoms with E-state index in [2.05, 4.69) is 0 Å². The molecule has 21 heavy (non-hydrogen) atoms. The molecule has 0 aromatic heterocycles. The van der Waals surface area contributed by atoms with Crippen LogP contribution >= 0.6 is 0 Å². The SMILES string of the molecule is CCOCC1(C(=O)N2CCCC(COC)(C(=O)O)C2)CC1. The lowest BCUT2D eigenvalue weighted by Crippen LogP contribution is -2.54. The number of aliphatic carboxylic acids is 1. The third kappa shape index (κ3) is 3.21. The van der Waals surface area contributed by atoms with E-state index in [1.807, 2.05) is 6.92 Å². The first-order valence-electron chi connectivity index (χ1n) is 7.59. The number of methoxy groups -OCH3 is 1. The number of hydrogen-bond donors (Lipinski definition) is 1. The predicted molar refractivity (Wildman–Crippen MR) is 75.9 cm³/mol. The molecule has 1 atom stereocenters. The number of carbonyl (C=O) groups is 2. The standard InChI is InChI=1S/C15H25NO5/c1-3-21-11-14(6-7-14)12(17)16-8-4-5-15(9-16,10-20-2)13(18)19/h3-11H2,1-2H3,(H,18,19). The quantitative estimate of drug-likeness (QED) is 0.763. The molecule has 2 rings (SSSR count). The van der Waals surface area contributed by atoms with E-state index in [1.165, 1.54) is 7.11 Å². The van der Waals surface area contributed by atoms with E-state index in [4.69, 9.17) is 9.47 Å². The van der Waals surface area contributed by atoms with Crippen LogP contribution < -0.4 is 0 Å². The smallest absolute Gasteiger partial charge is 0.313 e. The highest BCUT2D eigenvalue weighted by atomic mass is 16.5. The number of ether oxygens (including phenoxy) is 2. The van der Waals surface area contributed by atoms with Gasteiger partial charge in [-0.3, -0.25) is 9.59 Å². The number of hydrogen-bond acceptors (Lipinski definition) is 4. The molecule has 1 amide bonds. The molecule has 0 radical (unpaired) electrons. The van der Waals surface area contributed by atoms with E-state index in [-0.39, 0.29) is 19.1 Å². The zero-order chi connectivity index (χ0) is 15.5. The topological polar surface area (TPSA) is 76.1 Å². The molecule has 1 aliphatic carbocycles. The second-order valence-electron chi connectivity index (χ2n) is 6.27. The van der Waals surface area contributed by atoms with Gasteiger partial charge >= 0.3 is 5.97 Å². The fourth-order valence-corrected chi connectivity index (χ4v) is 3.14. The van der Waals surface area contributed by atoms with Gasteiger partial charge in [0.2, 0.25) is 5.91 Å². The van der Waals surface area contributed by atoms with Crippen molar-refractivity contribution >= 4 is 11.9 Å². The molecular formula is C15H25NO5. The van der Waals surface area contributed by atoms with Gasteiger partial charge in [0.1, 0.15) is 5.41 Å². The van der Waals surface area contributed by atoms with Crippen LogP contribution in [-0.4, -0.2) is 61.9 Å². The fraction of sp³-hybridized carbons (Fsp3) is 0.867. The number of carboxylic acid groups (broad SMARTS) is 1. The molecule has 0 aromatic carbocycles. The molecule has 1 heterocycles. The van der Waals surface area contributed by atoms with Crippen LogP contribution in [0.1, 0.15) is 32.6 Å². The third-order valence-electron chi connectivity index (χ3n) is 4.63. The second-order valence-corrected chi connectivity index (χ2v) is 6.27. The van der Waals surface area contributed by atoms with Gasteiger partial charge in [0, 0.05) is 26.8 Å². The summed E-state index contributed by atoms with van der Waals surface area (Å²) < 4.78 is 10.5. The first-order chi connectivity index (χ1) is 9.99. The van der Waals surface area contributed by atoms with Gasteiger partial charge in [-0.15, -0.1) is 0 Å². The normalized spacial score (nSPS) is 27.4. The van der Waals surface area contributed by atoms with Gasteiger partial charge in [0.25, 0.3) is 0 Å². The van der Waals surface area contributed by atoms with Gasteiger partial charge in [-0.25, -0.2) is 0 Å². The number of amides is 1. The number of carbonyl (C=O) groups excluding carboxylic acids is 1. The summed E-state index contributed by atoms with van der Waals surface area (Å²) in [5.41, 5.74) is -1.37. The molecule has 6 heteroatoms. The maximum Gasteiger partial charge on any atom is 0.313 e. The Bertz CT molecular complexity index is 403. The lowest BCUT2D eigenvalue weighted by Gasteiger charge is -2.40. The third-order valence-corrected chi connectivity index (χ3v) is 4.63. The molecule has 1 saturated heterocycles. The number of likely N-dealkylation sites (tertiary alicyclic amines) is 1. The van der Waals surface area contributed by atoms with Crippen molar-refractivity contribution in [3.8, 4) is 0 Å². The van der Waals surface area contributed by atoms with Crippen LogP contribution in [0.5, 0.6) is 0 Å². The van der Waals surface area contributed by atoms with Gasteiger partial charge in [0.15, 0.2) is 0 Å². The Kier molecular flexibility index (Phi) is 4.88. The zero-order valence-corrected chi connectivity index (χ0v) is 12.9. The van der Waals surface area contributed by atoms with Crippen LogP contribution in [0.3, 0.4) is 0 Å². The van der Waals surface area contributed by atoms with Crippen molar-refractivity contribution in [2.75, 3.05) is 40.0 Å². The lowest BCUT2D eigenvalue weighted by atomic mass is 9.80. The first-order valence-corrected chi connectivity index (χ1v) is 7.59. The Labute approximate surface area is 125 Å². The van der Waals surface area contributed by atoms with Crippen molar-refractivity contribution < 1.29 is 24.2 Å². The molecule has 1 saturated carbocycles. The number of carboxylic acids is 1. The second kappa shape index (κ2) is 6.32. The van der Waals surface area contributed by atoms with E-state index < -0.39 is 16.8 Å². The van der Waals surface area contributed by atoms with Crippen LogP contribution in [0.4, 0.5) is 0 Å². The monoisotopic (exact) mass is 299 g/mol. The predicted octanol–water partition coefficient (Wildman–Crippen LogP) is 1.14. The molecule has 1 N–H and O–H groups in total. The van der Waals surface area contributed by atoms with Crippen LogP contribution in [0, 0.1) is 10.8 Å². The van der Waals surface area contributed by atoms with Crippen molar-refractivity contribution in [3.63, 3.8) is 0 Å². The largest absolute Gasteiger partial charge is 0.481 e. The summed E-state index contributed by atoms with van der Waals surface area (Å²) in [6, 6.07) is 0. The first kappa shape index (κ1) is 16.2. The maximum absolute atomic E-state index is 12.7. The molecule has 1 aliphatic heterocycles. The summed E-state index contributed by atoms with van der Waals surface area (Å²) in [7, 11) is 1.50. The van der Waals surface area contributed by atoms with E-state index in [0.29, 0.717) is 32.6 Å². The van der Waals surface area contributed by atoms with Crippen molar-refractivity contribution in [1.29, 1.82) is 0 Å². The van der Waals surface area contributed by atoms with Crippen molar-refractivity contribution in [2.24, 2.45) is 10.8 Å². The fourth-order valence-electron chi connectivity index (χ4n) is 3.14. The van der Waals surface area contributed by atoms with Gasteiger partial charge in [-0.1, -0.05) is 0 Å². The Morgan fingerprint density at radius 3 is 2.43 bits per heavy atom. The van der Waals surface area contributed by atoms with Gasteiger partial charge in [-0.05, 0) is 32.6 Å². The number of rotatable bonds is 7. The molecule has 0 bridgehead atoms. The molecule has 2 aliphatic rings. The average molecular weight is 299 g/mol. The molecule has 0 aromatic rings. The molecule has 1 unspecified atom stereocenters. The van der Waals surface area contributed by atoms with Crippen molar-refractivity contribution in [1.82, 2.24) is 4.90 Å². The highest BCUT2D eigenvalue weighted by molar-refractivity contribution is 5.86. The molecule has 0 spiro atoms. The zero-order valence-electron chi connectivity index (χ0n) is 12.9. The van der Waals surface area contributed by atoms with E-state index in [1.54, 1.807) is 4.90 Å². The summed E-state index contributed by atoms with van der Waals surface area (Å²) >= 11 is 0. The number of nitrogens with zero attached hydrogens (tertiary/aromatic N) is 1.